The Morgan fingerprint density at radius 3 is 1.65 bits per heavy atom. The van der Waals surface area contributed by atoms with Crippen molar-refractivity contribution in [1.82, 2.24) is 67.9 Å². The van der Waals surface area contributed by atoms with Gasteiger partial charge >= 0.3 is 6.03 Å². The molecule has 0 bridgehead atoms. The van der Waals surface area contributed by atoms with Crippen molar-refractivity contribution in [1.29, 1.82) is 0 Å². The van der Waals surface area contributed by atoms with Crippen LogP contribution in [0.1, 0.15) is 216 Å². The second kappa shape index (κ2) is 73.2. The number of ether oxygens (including phenoxy) is 12. The zero-order chi connectivity index (χ0) is 106. The Kier molecular flexibility index (Phi) is 64.7. The molecule has 0 aromatic heterocycles. The summed E-state index contributed by atoms with van der Waals surface area (Å²) in [6.07, 6.45) is 8.01. The number of carbonyl (C=O) groups excluding carboxylic acids is 12. The lowest BCUT2D eigenvalue weighted by atomic mass is 9.89. The van der Waals surface area contributed by atoms with Crippen LogP contribution in [0, 0.1) is 41.4 Å². The van der Waals surface area contributed by atoms with Gasteiger partial charge in [-0.05, 0) is 120 Å². The van der Waals surface area contributed by atoms with Crippen LogP contribution in [0.25, 0.3) is 0 Å². The fourth-order valence-electron chi connectivity index (χ4n) is 17.3. The standard InChI is InChI=1S/C103H180N16O25/c1-18-74(8)94(84(133-16)68-89(124)118-50-33-41-82(118)96(134-17)75(9)97(126)111-76(10)95(125)77-34-24-22-25-35-77)117(12)102(131)92(72(4)5)115-100(129)93(73(6)7)116(11)101(130)81(40-32-46-110-103(105)132)113-99(128)91(71(2)3)114-98(127)80(112-86(121)44-53-136-57-61-140-65-67-142-63-59-138-55-49-109-87(122)69-143-78-36-26-20-19-21-27-37-78)39-30-31-45-107-88(123)70-144-83-42-29-23-28-38-79(90(83)104)106-48-54-137-58-62-141-66-64-139-60-56-135-52-43-85(120)108-47-51-119(13,14)15/h22,24-25,34-35,71-76,78,80-84,91-96,106,125H,18-21,23,26,28-33,36,38-70,104H2,1-17H3,(H10-,105,107,108,109,110,111,112,113,114,115,120,121,122,123,126,127,128,129,132)/p+1/t74-,75+,76+,78?,80+,81-,82-,83?,84+,91-,92-,93-,94-,95+,96+/m0/s1. The number of carbonyl (C=O) groups is 12. The first-order valence-corrected chi connectivity index (χ1v) is 52.2. The molecule has 13 amide bonds. The number of unbranched alkanes of at least 4 members (excludes halogenated alkanes) is 1. The lowest BCUT2D eigenvalue weighted by molar-refractivity contribution is -0.869. The molecule has 1 aromatic rings. The van der Waals surface area contributed by atoms with E-state index in [2.05, 4.69) is 86.2 Å². The highest BCUT2D eigenvalue weighted by Crippen LogP contribution is 2.32. The molecule has 1 heterocycles. The average molecular weight is 2040 g/mol. The summed E-state index contributed by atoms with van der Waals surface area (Å²) < 4.78 is 70.0. The Morgan fingerprint density at radius 1 is 0.521 bits per heavy atom. The SMILES string of the molecule is CC[C@H](C)[C@@H]([C@@H](CC(=O)N1CCC[C@H]1[C@H](OC)[C@@H](C)C(=O)N[C@H](C)[C@@H](O)c1ccccc1)OC)N(C)C(=O)[C@@H](NC(=O)[C@H](C(C)C)N(C)C(=O)[C@H](CCCNC(N)=O)NC(=O)[C@@H](NC(=O)[C@@H](CCCCNC(=O)COC1CCCCCC(NCCOCCOCCOCCOCCC(=O)NCC[N+](C)(C)C)=C1N)NC(=O)CCOCCOCCOCCOCCNC(=O)COC1C#CCCCCC1)C(C)C)C(C)C. The third kappa shape index (κ3) is 51.1. The van der Waals surface area contributed by atoms with E-state index < -0.39 is 144 Å². The summed E-state index contributed by atoms with van der Waals surface area (Å²) in [5.41, 5.74) is 14.2. The van der Waals surface area contributed by atoms with Crippen molar-refractivity contribution in [3.8, 4) is 11.8 Å². The first-order chi connectivity index (χ1) is 68.8. The van der Waals surface area contributed by atoms with Gasteiger partial charge in [0.15, 0.2) is 0 Å². The van der Waals surface area contributed by atoms with E-state index in [0.29, 0.717) is 161 Å². The summed E-state index contributed by atoms with van der Waals surface area (Å²) >= 11 is 0. The van der Waals surface area contributed by atoms with Crippen molar-refractivity contribution in [2.24, 2.45) is 41.1 Å². The molecule has 41 heteroatoms. The van der Waals surface area contributed by atoms with Gasteiger partial charge < -0.3 is 146 Å². The maximum Gasteiger partial charge on any atom is 0.312 e. The molecule has 15 atom stereocenters. The van der Waals surface area contributed by atoms with Crippen LogP contribution in [-0.4, -0.2) is 382 Å². The fourth-order valence-corrected chi connectivity index (χ4v) is 17.3. The van der Waals surface area contributed by atoms with E-state index >= 15 is 14.4 Å². The second-order valence-corrected chi connectivity index (χ2v) is 39.4. The van der Waals surface area contributed by atoms with Gasteiger partial charge in [0.2, 0.25) is 65.0 Å². The lowest BCUT2D eigenvalue weighted by Crippen LogP contribution is -2.62. The molecule has 15 N–H and O–H groups in total. The maximum absolute atomic E-state index is 15.3. The average Bonchev–Trinajstić information content (AvgIpc) is 1.50. The van der Waals surface area contributed by atoms with Crippen LogP contribution < -0.4 is 64.6 Å². The number of hydrogen-bond donors (Lipinski definition) is 13. The minimum absolute atomic E-state index is 0.0101. The van der Waals surface area contributed by atoms with Crippen molar-refractivity contribution in [2.45, 2.75) is 283 Å². The zero-order valence-electron chi connectivity index (χ0n) is 89.5. The third-order valence-corrected chi connectivity index (χ3v) is 25.8. The van der Waals surface area contributed by atoms with Crippen LogP contribution >= 0.6 is 0 Å². The zero-order valence-corrected chi connectivity index (χ0v) is 89.5. The van der Waals surface area contributed by atoms with E-state index in [1.807, 2.05) is 32.0 Å². The van der Waals surface area contributed by atoms with Gasteiger partial charge in [-0.1, -0.05) is 124 Å². The number of aliphatic hydroxyl groups is 1. The molecule has 1 aromatic carbocycles. The molecule has 1 aliphatic heterocycles. The van der Waals surface area contributed by atoms with Gasteiger partial charge in [-0.3, -0.25) is 52.7 Å². The number of nitrogens with one attached hydrogen (secondary N) is 10. The molecule has 144 heavy (non-hydrogen) atoms. The monoisotopic (exact) mass is 2040 g/mol. The summed E-state index contributed by atoms with van der Waals surface area (Å²) in [5, 5.41) is 40.0. The predicted molar refractivity (Wildman–Crippen MR) is 545 cm³/mol. The Hall–Kier alpha value is -9.00. The van der Waals surface area contributed by atoms with Crippen molar-refractivity contribution < 1.29 is 124 Å². The van der Waals surface area contributed by atoms with Gasteiger partial charge in [-0.15, -0.1) is 5.92 Å². The van der Waals surface area contributed by atoms with E-state index in [-0.39, 0.29) is 127 Å². The number of benzene rings is 1. The molecule has 3 aliphatic rings. The number of quaternary nitrogens is 1. The van der Waals surface area contributed by atoms with Crippen LogP contribution in [0.3, 0.4) is 0 Å². The van der Waals surface area contributed by atoms with E-state index in [0.717, 1.165) is 68.1 Å². The van der Waals surface area contributed by atoms with E-state index in [9.17, 15) is 48.3 Å². The number of nitrogens with zero attached hydrogens (tertiary/aromatic N) is 4. The minimum atomic E-state index is -1.38. The van der Waals surface area contributed by atoms with Crippen LogP contribution in [0.5, 0.6) is 0 Å². The van der Waals surface area contributed by atoms with Crippen LogP contribution in [-0.2, 0) is 110 Å². The molecule has 1 fully saturated rings. The number of primary amides is 1. The number of likely N-dealkylation sites (tertiary alicyclic amines) is 1. The molecule has 41 nitrogen and oxygen atoms in total. The van der Waals surface area contributed by atoms with Crippen molar-refractivity contribution in [3.63, 3.8) is 0 Å². The lowest BCUT2D eigenvalue weighted by Gasteiger charge is -2.41. The Labute approximate surface area is 856 Å². The number of rotatable bonds is 76. The molecular weight excluding hydrogens is 1860 g/mol. The quantitative estimate of drug-likeness (QED) is 0.0250. The topological polar surface area (TPSA) is 518 Å². The van der Waals surface area contributed by atoms with Gasteiger partial charge in [0.25, 0.3) is 0 Å². The summed E-state index contributed by atoms with van der Waals surface area (Å²) in [7, 11) is 12.2. The highest BCUT2D eigenvalue weighted by atomic mass is 16.6. The highest BCUT2D eigenvalue weighted by Gasteiger charge is 2.45. The number of aliphatic hydroxyl groups excluding tert-OH is 1. The molecule has 2 unspecified atom stereocenters. The van der Waals surface area contributed by atoms with Gasteiger partial charge in [0.05, 0.1) is 201 Å². The Balaban J connectivity index is 1.42. The molecular formula is C103H181N16O25+. The smallest absolute Gasteiger partial charge is 0.312 e. The van der Waals surface area contributed by atoms with Gasteiger partial charge in [-0.25, -0.2) is 4.79 Å². The number of allylic oxidation sites excluding steroid dienone is 1. The van der Waals surface area contributed by atoms with Crippen LogP contribution in [0.2, 0.25) is 0 Å². The van der Waals surface area contributed by atoms with Crippen molar-refractivity contribution in [2.75, 3.05) is 214 Å². The van der Waals surface area contributed by atoms with Crippen molar-refractivity contribution >= 4 is 71.0 Å². The molecule has 1 saturated heterocycles. The Morgan fingerprint density at radius 2 is 1.07 bits per heavy atom. The number of methoxy groups -OCH3 is 2. The molecule has 0 radical (unpaired) electrons. The predicted octanol–water partition coefficient (Wildman–Crippen LogP) is 3.93. The largest absolute Gasteiger partial charge is 0.399 e. The molecule has 4 rings (SSSR count). The first kappa shape index (κ1) is 127. The fraction of sp³-hybridized carbons (Fsp3) is 0.786. The third-order valence-electron chi connectivity index (χ3n) is 25.8. The van der Waals surface area contributed by atoms with Crippen LogP contribution in [0.4, 0.5) is 4.79 Å². The number of hydrogen-bond acceptors (Lipinski definition) is 27. The molecule has 822 valence electrons. The van der Waals surface area contributed by atoms with E-state index in [4.69, 9.17) is 68.3 Å². The van der Waals surface area contributed by atoms with Crippen LogP contribution in [0.15, 0.2) is 41.7 Å². The number of urea groups is 1. The van der Waals surface area contributed by atoms with E-state index in [1.54, 1.807) is 79.5 Å². The second-order valence-electron chi connectivity index (χ2n) is 39.4. The summed E-state index contributed by atoms with van der Waals surface area (Å²) in [6.45, 7) is 24.9. The summed E-state index contributed by atoms with van der Waals surface area (Å²) in [4.78, 5) is 172. The number of likely N-dealkylation sites (N-methyl/N-ethyl adjacent to an activating group) is 3. The first-order valence-electron chi connectivity index (χ1n) is 52.2. The molecule has 2 aliphatic carbocycles. The minimum Gasteiger partial charge on any atom is -0.399 e. The van der Waals surface area contributed by atoms with Gasteiger partial charge in [0, 0.05) is 86.0 Å². The summed E-state index contributed by atoms with van der Waals surface area (Å²) in [6, 6.07) is -0.0169. The van der Waals surface area contributed by atoms with Crippen molar-refractivity contribution in [3.05, 3.63) is 47.3 Å². The Bertz CT molecular complexity index is 3990. The normalized spacial score (nSPS) is 17.7. The highest BCUT2D eigenvalue weighted by molar-refractivity contribution is 5.97. The number of amides is 13. The molecule has 0 saturated carbocycles. The summed E-state index contributed by atoms with van der Waals surface area (Å²) in [5.74, 6) is -1.79. The number of nitrogens with two attached hydrogens (primary N) is 2. The molecule has 0 spiro atoms. The maximum atomic E-state index is 15.3. The van der Waals surface area contributed by atoms with E-state index in [1.165, 1.54) is 31.1 Å². The van der Waals surface area contributed by atoms with Gasteiger partial charge in [0.1, 0.15) is 49.5 Å². The van der Waals surface area contributed by atoms with Gasteiger partial charge in [-0.2, -0.15) is 0 Å².